The first kappa shape index (κ1) is 21.9. The number of halogens is 1. The zero-order valence-electron chi connectivity index (χ0n) is 18.5. The molecule has 1 aliphatic carbocycles. The molecule has 1 saturated carbocycles. The summed E-state index contributed by atoms with van der Waals surface area (Å²) >= 11 is 6.18. The van der Waals surface area contributed by atoms with E-state index in [4.69, 9.17) is 11.6 Å². The van der Waals surface area contributed by atoms with Crippen LogP contribution in [0.15, 0.2) is 30.3 Å². The lowest BCUT2D eigenvalue weighted by Crippen LogP contribution is -2.64. The number of carbonyl (C=O) groups excluding carboxylic acids is 2. The maximum Gasteiger partial charge on any atom is 0.273 e. The minimum absolute atomic E-state index is 0.109. The SMILES string of the molecule is CC(C)c1cc2n(n1)C[C@@](C)(C(=O)NC1CCCCC1)N(Cc1cccc(Cl)c1)C2=O. The highest BCUT2D eigenvalue weighted by molar-refractivity contribution is 6.30. The van der Waals surface area contributed by atoms with Crippen molar-refractivity contribution in [3.05, 3.63) is 52.3 Å². The van der Waals surface area contributed by atoms with Crippen LogP contribution in [0.2, 0.25) is 5.02 Å². The average molecular weight is 443 g/mol. The van der Waals surface area contributed by atoms with Crippen LogP contribution < -0.4 is 5.32 Å². The highest BCUT2D eigenvalue weighted by Gasteiger charge is 2.48. The molecule has 31 heavy (non-hydrogen) atoms. The quantitative estimate of drug-likeness (QED) is 0.740. The van der Waals surface area contributed by atoms with Crippen LogP contribution in [-0.4, -0.2) is 38.1 Å². The summed E-state index contributed by atoms with van der Waals surface area (Å²) in [5.74, 6) is -0.0800. The Morgan fingerprint density at radius 1 is 1.26 bits per heavy atom. The van der Waals surface area contributed by atoms with E-state index in [1.165, 1.54) is 6.42 Å². The number of hydrogen-bond donors (Lipinski definition) is 1. The zero-order valence-corrected chi connectivity index (χ0v) is 19.3. The molecule has 6 nitrogen and oxygen atoms in total. The number of rotatable bonds is 5. The van der Waals surface area contributed by atoms with Gasteiger partial charge in [0.25, 0.3) is 5.91 Å². The summed E-state index contributed by atoms with van der Waals surface area (Å²) in [5.41, 5.74) is 1.26. The first-order valence-electron chi connectivity index (χ1n) is 11.2. The van der Waals surface area contributed by atoms with Crippen LogP contribution in [0.3, 0.4) is 0 Å². The second-order valence-electron chi connectivity index (χ2n) is 9.37. The molecular formula is C24H31ClN4O2. The van der Waals surface area contributed by atoms with E-state index >= 15 is 0 Å². The Morgan fingerprint density at radius 2 is 2.00 bits per heavy atom. The number of nitrogens with one attached hydrogen (secondary N) is 1. The first-order chi connectivity index (χ1) is 14.8. The number of hydrogen-bond acceptors (Lipinski definition) is 3. The van der Waals surface area contributed by atoms with Crippen LogP contribution in [0.4, 0.5) is 0 Å². The van der Waals surface area contributed by atoms with Gasteiger partial charge < -0.3 is 10.2 Å². The van der Waals surface area contributed by atoms with E-state index in [1.807, 2.05) is 37.3 Å². The summed E-state index contributed by atoms with van der Waals surface area (Å²) in [6.07, 6.45) is 5.47. The Morgan fingerprint density at radius 3 is 2.68 bits per heavy atom. The van der Waals surface area contributed by atoms with Crippen LogP contribution in [0.5, 0.6) is 0 Å². The topological polar surface area (TPSA) is 67.2 Å². The molecule has 1 aromatic heterocycles. The molecule has 2 amide bonds. The Labute approximate surface area is 188 Å². The molecule has 4 rings (SSSR count). The van der Waals surface area contributed by atoms with Gasteiger partial charge in [-0.1, -0.05) is 56.8 Å². The first-order valence-corrected chi connectivity index (χ1v) is 11.6. The van der Waals surface area contributed by atoms with Gasteiger partial charge in [-0.25, -0.2) is 0 Å². The van der Waals surface area contributed by atoms with Crippen LogP contribution in [0, 0.1) is 0 Å². The van der Waals surface area contributed by atoms with Gasteiger partial charge in [-0.15, -0.1) is 0 Å². The number of benzene rings is 1. The summed E-state index contributed by atoms with van der Waals surface area (Å²) in [4.78, 5) is 28.9. The van der Waals surface area contributed by atoms with E-state index in [2.05, 4.69) is 24.3 Å². The second-order valence-corrected chi connectivity index (χ2v) is 9.81. The van der Waals surface area contributed by atoms with Crippen molar-refractivity contribution in [2.45, 2.75) is 83.5 Å². The predicted octanol–water partition coefficient (Wildman–Crippen LogP) is 4.52. The molecule has 1 aliphatic heterocycles. The standard InChI is InChI=1S/C24H31ClN4O2/c1-16(2)20-13-21-22(30)28(14-17-8-7-9-18(25)12-17)24(3,15-29(21)27-20)23(31)26-19-10-5-4-6-11-19/h7-9,12-13,16,19H,4-6,10-11,14-15H2,1-3H3,(H,26,31)/t24-/m0/s1. The molecule has 2 aliphatic rings. The van der Waals surface area contributed by atoms with Gasteiger partial charge in [-0.3, -0.25) is 14.3 Å². The maximum absolute atomic E-state index is 13.6. The summed E-state index contributed by atoms with van der Waals surface area (Å²) in [5, 5.41) is 8.50. The second kappa shape index (κ2) is 8.65. The van der Waals surface area contributed by atoms with Crippen LogP contribution in [0.1, 0.15) is 80.5 Å². The summed E-state index contributed by atoms with van der Waals surface area (Å²) in [7, 11) is 0. The van der Waals surface area contributed by atoms with Crippen molar-refractivity contribution in [1.29, 1.82) is 0 Å². The molecule has 2 aromatic rings. The van der Waals surface area contributed by atoms with E-state index in [1.54, 1.807) is 9.58 Å². The van der Waals surface area contributed by atoms with Gasteiger partial charge in [0.2, 0.25) is 5.91 Å². The van der Waals surface area contributed by atoms with Crippen molar-refractivity contribution >= 4 is 23.4 Å². The van der Waals surface area contributed by atoms with Crippen LogP contribution in [-0.2, 0) is 17.9 Å². The molecule has 0 spiro atoms. The molecule has 0 bridgehead atoms. The normalized spacial score (nSPS) is 22.0. The third kappa shape index (κ3) is 4.36. The van der Waals surface area contributed by atoms with Gasteiger partial charge >= 0.3 is 0 Å². The van der Waals surface area contributed by atoms with E-state index in [0.29, 0.717) is 23.8 Å². The molecule has 1 N–H and O–H groups in total. The fourth-order valence-corrected chi connectivity index (χ4v) is 4.81. The third-order valence-corrected chi connectivity index (χ3v) is 6.80. The summed E-state index contributed by atoms with van der Waals surface area (Å²) in [6.45, 7) is 6.61. The van der Waals surface area contributed by atoms with Gasteiger partial charge in [0.05, 0.1) is 12.2 Å². The molecular weight excluding hydrogens is 412 g/mol. The van der Waals surface area contributed by atoms with Gasteiger partial charge in [-0.2, -0.15) is 5.10 Å². The minimum Gasteiger partial charge on any atom is -0.351 e. The molecule has 1 atom stereocenters. The van der Waals surface area contributed by atoms with E-state index in [-0.39, 0.29) is 23.8 Å². The Bertz CT molecular complexity index is 980. The molecule has 0 radical (unpaired) electrons. The highest BCUT2D eigenvalue weighted by Crippen LogP contribution is 2.31. The predicted molar refractivity (Wildman–Crippen MR) is 121 cm³/mol. The summed E-state index contributed by atoms with van der Waals surface area (Å²) in [6, 6.07) is 9.49. The number of amides is 2. The van der Waals surface area contributed by atoms with Crippen molar-refractivity contribution in [1.82, 2.24) is 20.0 Å². The molecule has 2 heterocycles. The van der Waals surface area contributed by atoms with Crippen LogP contribution in [0.25, 0.3) is 0 Å². The smallest absolute Gasteiger partial charge is 0.273 e. The number of aromatic nitrogens is 2. The van der Waals surface area contributed by atoms with Gasteiger partial charge in [0.1, 0.15) is 11.2 Å². The molecule has 1 aromatic carbocycles. The highest BCUT2D eigenvalue weighted by atomic mass is 35.5. The lowest BCUT2D eigenvalue weighted by molar-refractivity contribution is -0.134. The number of carbonyl (C=O) groups is 2. The maximum atomic E-state index is 13.6. The molecule has 166 valence electrons. The van der Waals surface area contributed by atoms with Crippen molar-refractivity contribution < 1.29 is 9.59 Å². The van der Waals surface area contributed by atoms with Crippen molar-refractivity contribution in [3.63, 3.8) is 0 Å². The molecule has 1 fully saturated rings. The number of nitrogens with zero attached hydrogens (tertiary/aromatic N) is 3. The van der Waals surface area contributed by atoms with E-state index in [0.717, 1.165) is 36.9 Å². The van der Waals surface area contributed by atoms with Gasteiger partial charge in [0, 0.05) is 17.6 Å². The fourth-order valence-electron chi connectivity index (χ4n) is 4.60. The lowest BCUT2D eigenvalue weighted by atomic mass is 9.91. The van der Waals surface area contributed by atoms with Gasteiger partial charge in [0.15, 0.2) is 0 Å². The van der Waals surface area contributed by atoms with E-state index in [9.17, 15) is 9.59 Å². The minimum atomic E-state index is -1.04. The molecule has 0 saturated heterocycles. The molecule has 0 unspecified atom stereocenters. The van der Waals surface area contributed by atoms with Crippen molar-refractivity contribution in [3.8, 4) is 0 Å². The summed E-state index contributed by atoms with van der Waals surface area (Å²) < 4.78 is 1.71. The number of fused-ring (bicyclic) bond motifs is 1. The lowest BCUT2D eigenvalue weighted by Gasteiger charge is -2.44. The Balaban J connectivity index is 1.69. The fraction of sp³-hybridized carbons (Fsp3) is 0.542. The van der Waals surface area contributed by atoms with E-state index < -0.39 is 5.54 Å². The molecule has 7 heteroatoms. The average Bonchev–Trinajstić information content (AvgIpc) is 3.16. The van der Waals surface area contributed by atoms with Gasteiger partial charge in [-0.05, 0) is 49.4 Å². The largest absolute Gasteiger partial charge is 0.351 e. The monoisotopic (exact) mass is 442 g/mol. The zero-order chi connectivity index (χ0) is 22.2. The van der Waals surface area contributed by atoms with Crippen molar-refractivity contribution in [2.24, 2.45) is 0 Å². The van der Waals surface area contributed by atoms with Crippen molar-refractivity contribution in [2.75, 3.05) is 0 Å². The Hall–Kier alpha value is -2.34. The van der Waals surface area contributed by atoms with Crippen LogP contribution >= 0.6 is 11.6 Å². The Kier molecular flexibility index (Phi) is 6.11. The third-order valence-electron chi connectivity index (χ3n) is 6.57.